The molecule has 0 saturated carbocycles. The van der Waals surface area contributed by atoms with Crippen LogP contribution in [0.4, 0.5) is 4.39 Å². The number of H-pyrrole nitrogens is 2. The van der Waals surface area contributed by atoms with Crippen molar-refractivity contribution in [1.82, 2.24) is 34.0 Å². The second-order valence-corrected chi connectivity index (χ2v) is 22.1. The molecule has 4 aromatic heterocycles. The predicted molar refractivity (Wildman–Crippen MR) is 269 cm³/mol. The van der Waals surface area contributed by atoms with Gasteiger partial charge in [0.1, 0.15) is 18.5 Å². The molecule has 6 N–H and O–H groups in total. The van der Waals surface area contributed by atoms with E-state index in [9.17, 15) is 41.3 Å². The van der Waals surface area contributed by atoms with Gasteiger partial charge in [-0.3, -0.25) is 23.5 Å². The quantitative estimate of drug-likeness (QED) is 0.0558. The Morgan fingerprint density at radius 3 is 1.75 bits per heavy atom. The Kier molecular flexibility index (Phi) is 15.8. The number of phosphoric ester groups is 2. The highest BCUT2D eigenvalue weighted by molar-refractivity contribution is 7.91. The van der Waals surface area contributed by atoms with E-state index < -0.39 is 43.0 Å². The summed E-state index contributed by atoms with van der Waals surface area (Å²) in [5.41, 5.74) is 3.24. The van der Waals surface area contributed by atoms with E-state index in [2.05, 4.69) is 19.9 Å². The molecule has 1 aliphatic heterocycles. The second-order valence-electron chi connectivity index (χ2n) is 17.4. The maximum Gasteiger partial charge on any atom is 0.470 e. The molecule has 5 heterocycles. The van der Waals surface area contributed by atoms with E-state index in [1.807, 2.05) is 71.4 Å². The van der Waals surface area contributed by atoms with Crippen molar-refractivity contribution in [2.45, 2.75) is 32.0 Å². The molecule has 4 aromatic carbocycles. The fraction of sp³-hybridized carbons (Fsp3) is 0.250. The zero-order valence-corrected chi connectivity index (χ0v) is 41.8. The first-order chi connectivity index (χ1) is 34.6. The van der Waals surface area contributed by atoms with Gasteiger partial charge in [0, 0.05) is 61.0 Å². The van der Waals surface area contributed by atoms with E-state index in [0.29, 0.717) is 44.5 Å². The fourth-order valence-corrected chi connectivity index (χ4v) is 10.7. The summed E-state index contributed by atoms with van der Waals surface area (Å²) in [6, 6.07) is 30.2. The molecule has 0 aliphatic carbocycles. The topological polar surface area (TPSA) is 291 Å². The number of aromatic amines is 2. The van der Waals surface area contributed by atoms with Gasteiger partial charge in [-0.05, 0) is 73.5 Å². The summed E-state index contributed by atoms with van der Waals surface area (Å²) in [4.78, 5) is 77.6. The number of fused-ring (bicyclic) bond motifs is 2. The van der Waals surface area contributed by atoms with Crippen LogP contribution in [0, 0.1) is 5.82 Å². The van der Waals surface area contributed by atoms with E-state index in [4.69, 9.17) is 28.3 Å². The van der Waals surface area contributed by atoms with Crippen LogP contribution in [0.2, 0.25) is 0 Å². The summed E-state index contributed by atoms with van der Waals surface area (Å²) < 4.78 is 85.3. The minimum absolute atomic E-state index is 0.0169. The average Bonchev–Trinajstić information content (AvgIpc) is 3.93. The Morgan fingerprint density at radius 1 is 0.726 bits per heavy atom. The Bertz CT molecular complexity index is 3550. The number of ether oxygens (including phenoxy) is 2. The number of halogens is 1. The molecule has 1 aliphatic rings. The number of phosphoric acid groups is 2. The van der Waals surface area contributed by atoms with Crippen LogP contribution < -0.4 is 20.6 Å². The lowest BCUT2D eigenvalue weighted by atomic mass is 10.1. The maximum atomic E-state index is 14.9. The van der Waals surface area contributed by atoms with Crippen LogP contribution in [0.1, 0.15) is 20.3 Å². The number of benzene rings is 4. The standard InChI is InChI=1S/C25H27N4O8PS.C23H23FN3O6P/c30-25-23-22(15-29(24(23)26-17-27-25)19-4-2-1-3-5-19)18-6-8-20(9-7-18)36-16-21(37-38(31,32)33)14-28-10-12-39(34,35)13-11-28;1-23(2,33-34(29,30)31)10-11-32-19-9-8-15(12-18(19)24)17-13-27(16-6-4-3-5-7-16)21-20(17)22(28)26-14-25-21/h1-9,15,17,21H,10-14,16H2,(H,26,27,30)(H2,31,32,33);3-9,12-14H,10-11H2,1-2H3,(H,25,26,28)(H2,29,30,31). The van der Waals surface area contributed by atoms with Crippen molar-refractivity contribution in [3.05, 3.63) is 155 Å². The van der Waals surface area contributed by atoms with Crippen LogP contribution in [0.15, 0.2) is 138 Å². The monoisotopic (exact) mass is 1060 g/mol. The molecule has 0 spiro atoms. The summed E-state index contributed by atoms with van der Waals surface area (Å²) in [6.07, 6.45) is 5.40. The molecule has 384 valence electrons. The van der Waals surface area contributed by atoms with Gasteiger partial charge in [0.2, 0.25) is 0 Å². The summed E-state index contributed by atoms with van der Waals surface area (Å²) >= 11 is 0. The Labute approximate surface area is 416 Å². The van der Waals surface area contributed by atoms with Crippen molar-refractivity contribution in [1.29, 1.82) is 0 Å². The van der Waals surface area contributed by atoms with Crippen LogP contribution >= 0.6 is 15.6 Å². The minimum atomic E-state index is -4.80. The Morgan fingerprint density at radius 2 is 1.25 bits per heavy atom. The lowest BCUT2D eigenvalue weighted by Crippen LogP contribution is -2.45. The molecular formula is C48H50FN7O14P2S. The average molecular weight is 1060 g/mol. The third-order valence-corrected chi connectivity index (χ3v) is 14.5. The number of para-hydroxylation sites is 2. The third-order valence-electron chi connectivity index (χ3n) is 11.6. The highest BCUT2D eigenvalue weighted by atomic mass is 32.2. The molecule has 1 unspecified atom stereocenters. The van der Waals surface area contributed by atoms with Gasteiger partial charge in [0.25, 0.3) is 11.1 Å². The third kappa shape index (κ3) is 13.5. The molecule has 25 heteroatoms. The van der Waals surface area contributed by atoms with E-state index >= 15 is 0 Å². The molecular weight excluding hydrogens is 1010 g/mol. The van der Waals surface area contributed by atoms with Gasteiger partial charge in [-0.25, -0.2) is 31.9 Å². The van der Waals surface area contributed by atoms with Gasteiger partial charge in [-0.2, -0.15) is 0 Å². The summed E-state index contributed by atoms with van der Waals surface area (Å²) in [5, 5.41) is 0.768. The van der Waals surface area contributed by atoms with Crippen molar-refractivity contribution in [3.8, 4) is 45.1 Å². The van der Waals surface area contributed by atoms with E-state index in [1.54, 1.807) is 46.0 Å². The number of aromatic nitrogens is 6. The number of hydrogen-bond acceptors (Lipinski definition) is 13. The van der Waals surface area contributed by atoms with Gasteiger partial charge >= 0.3 is 15.6 Å². The summed E-state index contributed by atoms with van der Waals surface area (Å²) in [5.74, 6) is -0.284. The number of nitrogens with zero attached hydrogens (tertiary/aromatic N) is 5. The first-order valence-electron chi connectivity index (χ1n) is 22.5. The zero-order chi connectivity index (χ0) is 52.1. The lowest BCUT2D eigenvalue weighted by Gasteiger charge is -2.30. The van der Waals surface area contributed by atoms with Gasteiger partial charge in [-0.1, -0.05) is 54.6 Å². The molecule has 0 amide bonds. The molecule has 0 radical (unpaired) electrons. The molecule has 9 rings (SSSR count). The lowest BCUT2D eigenvalue weighted by molar-refractivity contribution is 0.0457. The number of sulfone groups is 1. The van der Waals surface area contributed by atoms with Gasteiger partial charge in [0.05, 0.1) is 47.1 Å². The summed E-state index contributed by atoms with van der Waals surface area (Å²) in [7, 11) is -12.6. The smallest absolute Gasteiger partial charge is 0.470 e. The van der Waals surface area contributed by atoms with Crippen LogP contribution in [0.5, 0.6) is 11.5 Å². The Hall–Kier alpha value is -6.62. The number of nitrogens with one attached hydrogen (secondary N) is 2. The second kappa shape index (κ2) is 21.8. The maximum absolute atomic E-state index is 14.9. The van der Waals surface area contributed by atoms with Gasteiger partial charge < -0.3 is 48.1 Å². The van der Waals surface area contributed by atoms with Crippen molar-refractivity contribution < 1.29 is 60.0 Å². The zero-order valence-electron chi connectivity index (χ0n) is 39.1. The van der Waals surface area contributed by atoms with E-state index in [1.165, 1.54) is 38.6 Å². The van der Waals surface area contributed by atoms with Gasteiger partial charge in [-0.15, -0.1) is 0 Å². The molecule has 1 saturated heterocycles. The van der Waals surface area contributed by atoms with Crippen LogP contribution in [0.25, 0.3) is 55.7 Å². The first-order valence-corrected chi connectivity index (χ1v) is 27.4. The number of rotatable bonds is 17. The first kappa shape index (κ1) is 52.7. The van der Waals surface area contributed by atoms with Crippen molar-refractivity contribution in [2.75, 3.05) is 44.4 Å². The molecule has 0 bridgehead atoms. The number of hydrogen-bond donors (Lipinski definition) is 6. The SMILES string of the molecule is CC(C)(CCOc1ccc(-c2cn(-c3ccccc3)c3nc[nH]c(=O)c23)cc1F)OP(=O)(O)O.O=c1[nH]cnc2c1c(-c1ccc(OCC(CN3CCS(=O)(=O)CC3)OP(=O)(O)O)cc1)cn2-c1ccccc1. The highest BCUT2D eigenvalue weighted by Crippen LogP contribution is 2.43. The van der Waals surface area contributed by atoms with Crippen LogP contribution in [-0.2, 0) is 28.0 Å². The normalized spacial score (nSPS) is 14.7. The molecule has 1 atom stereocenters. The van der Waals surface area contributed by atoms with Crippen molar-refractivity contribution in [3.63, 3.8) is 0 Å². The summed E-state index contributed by atoms with van der Waals surface area (Å²) in [6.45, 7) is 3.43. The van der Waals surface area contributed by atoms with E-state index in [0.717, 1.165) is 16.9 Å². The predicted octanol–water partition coefficient (Wildman–Crippen LogP) is 6.14. The largest absolute Gasteiger partial charge is 0.491 e. The fourth-order valence-electron chi connectivity index (χ4n) is 8.16. The molecule has 8 aromatic rings. The Balaban J connectivity index is 0.000000197. The van der Waals surface area contributed by atoms with E-state index in [-0.39, 0.29) is 67.6 Å². The molecule has 73 heavy (non-hydrogen) atoms. The van der Waals surface area contributed by atoms with Crippen LogP contribution in [0.3, 0.4) is 0 Å². The van der Waals surface area contributed by atoms with Crippen molar-refractivity contribution in [2.24, 2.45) is 0 Å². The highest BCUT2D eigenvalue weighted by Gasteiger charge is 2.30. The minimum Gasteiger partial charge on any atom is -0.491 e. The molecule has 21 nitrogen and oxygen atoms in total. The van der Waals surface area contributed by atoms with Crippen LogP contribution in [-0.4, -0.2) is 118 Å². The van der Waals surface area contributed by atoms with Crippen molar-refractivity contribution >= 4 is 47.5 Å². The van der Waals surface area contributed by atoms with Gasteiger partial charge in [0.15, 0.2) is 32.7 Å². The molecule has 1 fully saturated rings.